The van der Waals surface area contributed by atoms with E-state index in [0.29, 0.717) is 12.8 Å². The summed E-state index contributed by atoms with van der Waals surface area (Å²) in [6.07, 6.45) is -0.572. The molecule has 7 nitrogen and oxygen atoms in total. The SMILES string of the molecule is CN(C)C(=O)[C@H]1CC[C@@H](O)[C@H](C(=O)NC(=O)OC(C)(C)C)C1. The summed E-state index contributed by atoms with van der Waals surface area (Å²) in [7, 11) is 3.31. The fraction of sp³-hybridized carbons (Fsp3) is 0.800. The number of aliphatic hydroxyl groups is 1. The van der Waals surface area contributed by atoms with Crippen LogP contribution in [0, 0.1) is 11.8 Å². The first-order valence-corrected chi connectivity index (χ1v) is 7.44. The minimum absolute atomic E-state index is 0.0676. The molecule has 126 valence electrons. The second kappa shape index (κ2) is 7.09. The molecule has 0 unspecified atom stereocenters. The van der Waals surface area contributed by atoms with Crippen LogP contribution < -0.4 is 5.32 Å². The standard InChI is InChI=1S/C15H26N2O5/c1-15(2,3)22-14(21)16-12(19)10-8-9(6-7-11(10)18)13(20)17(4)5/h9-11,18H,6-8H2,1-5H3,(H,16,19,21)/t9-,10+,11+/m0/s1. The number of amides is 3. The Bertz CT molecular complexity index is 442. The number of imide groups is 1. The summed E-state index contributed by atoms with van der Waals surface area (Å²) in [5.74, 6) is -1.76. The largest absolute Gasteiger partial charge is 0.444 e. The van der Waals surface area contributed by atoms with Crippen LogP contribution in [0.15, 0.2) is 0 Å². The lowest BCUT2D eigenvalue weighted by molar-refractivity contribution is -0.138. The number of aliphatic hydroxyl groups excluding tert-OH is 1. The Hall–Kier alpha value is -1.63. The minimum atomic E-state index is -0.853. The van der Waals surface area contributed by atoms with Crippen LogP contribution in [0.2, 0.25) is 0 Å². The van der Waals surface area contributed by atoms with Gasteiger partial charge in [0.1, 0.15) is 5.60 Å². The zero-order valence-electron chi connectivity index (χ0n) is 13.9. The Balaban J connectivity index is 2.66. The van der Waals surface area contributed by atoms with Crippen molar-refractivity contribution < 1.29 is 24.2 Å². The van der Waals surface area contributed by atoms with E-state index in [2.05, 4.69) is 5.32 Å². The van der Waals surface area contributed by atoms with Gasteiger partial charge in [-0.05, 0) is 40.0 Å². The van der Waals surface area contributed by atoms with Gasteiger partial charge >= 0.3 is 6.09 Å². The highest BCUT2D eigenvalue weighted by atomic mass is 16.6. The van der Waals surface area contributed by atoms with E-state index in [9.17, 15) is 19.5 Å². The molecule has 1 aliphatic rings. The first-order chi connectivity index (χ1) is 10.0. The lowest BCUT2D eigenvalue weighted by atomic mass is 9.78. The van der Waals surface area contributed by atoms with Gasteiger partial charge in [0.15, 0.2) is 0 Å². The van der Waals surface area contributed by atoms with Gasteiger partial charge < -0.3 is 14.7 Å². The number of carbonyl (C=O) groups is 3. The molecule has 1 saturated carbocycles. The number of ether oxygens (including phenoxy) is 1. The molecule has 1 aliphatic carbocycles. The van der Waals surface area contributed by atoms with Crippen LogP contribution in [0.25, 0.3) is 0 Å². The molecule has 0 aromatic rings. The molecule has 0 aromatic heterocycles. The van der Waals surface area contributed by atoms with Crippen LogP contribution in [0.4, 0.5) is 4.79 Å². The molecule has 1 rings (SSSR count). The summed E-state index contributed by atoms with van der Waals surface area (Å²) in [6, 6.07) is 0. The number of rotatable bonds is 2. The third kappa shape index (κ3) is 5.29. The van der Waals surface area contributed by atoms with Gasteiger partial charge in [-0.15, -0.1) is 0 Å². The predicted molar refractivity (Wildman–Crippen MR) is 79.9 cm³/mol. The smallest absolute Gasteiger partial charge is 0.414 e. The van der Waals surface area contributed by atoms with E-state index in [1.165, 1.54) is 4.90 Å². The molecular weight excluding hydrogens is 288 g/mol. The topological polar surface area (TPSA) is 95.9 Å². The van der Waals surface area contributed by atoms with Gasteiger partial charge in [0.2, 0.25) is 11.8 Å². The van der Waals surface area contributed by atoms with Crippen molar-refractivity contribution in [1.29, 1.82) is 0 Å². The summed E-state index contributed by atoms with van der Waals surface area (Å²) >= 11 is 0. The number of alkyl carbamates (subject to hydrolysis) is 1. The maximum Gasteiger partial charge on any atom is 0.414 e. The number of hydrogen-bond donors (Lipinski definition) is 2. The average molecular weight is 314 g/mol. The molecule has 3 atom stereocenters. The van der Waals surface area contributed by atoms with Gasteiger partial charge in [-0.25, -0.2) is 4.79 Å². The molecule has 2 N–H and O–H groups in total. The lowest BCUT2D eigenvalue weighted by Crippen LogP contribution is -2.47. The molecule has 0 spiro atoms. The summed E-state index contributed by atoms with van der Waals surface area (Å²) in [5, 5.41) is 12.1. The third-order valence-electron chi connectivity index (χ3n) is 3.56. The zero-order valence-corrected chi connectivity index (χ0v) is 13.9. The van der Waals surface area contributed by atoms with E-state index >= 15 is 0 Å². The van der Waals surface area contributed by atoms with E-state index in [0.717, 1.165) is 0 Å². The van der Waals surface area contributed by atoms with E-state index < -0.39 is 29.6 Å². The molecule has 0 aromatic carbocycles. The van der Waals surface area contributed by atoms with E-state index in [-0.39, 0.29) is 18.2 Å². The molecular formula is C15H26N2O5. The van der Waals surface area contributed by atoms with Crippen molar-refractivity contribution in [2.75, 3.05) is 14.1 Å². The van der Waals surface area contributed by atoms with Crippen LogP contribution in [-0.4, -0.2) is 53.7 Å². The molecule has 3 amide bonds. The highest BCUT2D eigenvalue weighted by Gasteiger charge is 2.38. The molecule has 0 radical (unpaired) electrons. The number of nitrogens with zero attached hydrogens (tertiary/aromatic N) is 1. The molecule has 7 heteroatoms. The van der Waals surface area contributed by atoms with Crippen LogP contribution >= 0.6 is 0 Å². The van der Waals surface area contributed by atoms with Gasteiger partial charge in [0.25, 0.3) is 0 Å². The summed E-state index contributed by atoms with van der Waals surface area (Å²) in [6.45, 7) is 5.08. The Kier molecular flexibility index (Phi) is 5.93. The second-order valence-electron chi connectivity index (χ2n) is 6.91. The molecule has 0 saturated heterocycles. The molecule has 0 heterocycles. The maximum absolute atomic E-state index is 12.1. The van der Waals surface area contributed by atoms with E-state index in [4.69, 9.17) is 4.74 Å². The van der Waals surface area contributed by atoms with Gasteiger partial charge in [0, 0.05) is 20.0 Å². The molecule has 0 aliphatic heterocycles. The van der Waals surface area contributed by atoms with Crippen LogP contribution in [-0.2, 0) is 14.3 Å². The summed E-state index contributed by atoms with van der Waals surface area (Å²) < 4.78 is 5.02. The van der Waals surface area contributed by atoms with Gasteiger partial charge in [-0.3, -0.25) is 14.9 Å². The van der Waals surface area contributed by atoms with Crippen LogP contribution in [0.5, 0.6) is 0 Å². The maximum atomic E-state index is 12.1. The van der Waals surface area contributed by atoms with Crippen molar-refractivity contribution in [3.05, 3.63) is 0 Å². The average Bonchev–Trinajstić information content (AvgIpc) is 2.35. The van der Waals surface area contributed by atoms with Crippen molar-refractivity contribution in [3.8, 4) is 0 Å². The highest BCUT2D eigenvalue weighted by molar-refractivity contribution is 5.94. The molecule has 0 bridgehead atoms. The van der Waals surface area contributed by atoms with Crippen molar-refractivity contribution >= 4 is 17.9 Å². The van der Waals surface area contributed by atoms with Crippen LogP contribution in [0.3, 0.4) is 0 Å². The Labute approximate surface area is 131 Å². The highest BCUT2D eigenvalue weighted by Crippen LogP contribution is 2.30. The Morgan fingerprint density at radius 3 is 2.27 bits per heavy atom. The fourth-order valence-electron chi connectivity index (χ4n) is 2.52. The third-order valence-corrected chi connectivity index (χ3v) is 3.56. The predicted octanol–water partition coefficient (Wildman–Crippen LogP) is 0.903. The van der Waals surface area contributed by atoms with Gasteiger partial charge in [0.05, 0.1) is 12.0 Å². The second-order valence-corrected chi connectivity index (χ2v) is 6.91. The monoisotopic (exact) mass is 314 g/mol. The van der Waals surface area contributed by atoms with Crippen molar-refractivity contribution in [2.24, 2.45) is 11.8 Å². The molecule has 1 fully saturated rings. The van der Waals surface area contributed by atoms with Gasteiger partial charge in [-0.2, -0.15) is 0 Å². The Morgan fingerprint density at radius 1 is 1.18 bits per heavy atom. The van der Waals surface area contributed by atoms with Crippen molar-refractivity contribution in [1.82, 2.24) is 10.2 Å². The summed E-state index contributed by atoms with van der Waals surface area (Å²) in [5.41, 5.74) is -0.709. The van der Waals surface area contributed by atoms with Crippen molar-refractivity contribution in [2.45, 2.75) is 51.7 Å². The summed E-state index contributed by atoms with van der Waals surface area (Å²) in [4.78, 5) is 37.3. The van der Waals surface area contributed by atoms with Gasteiger partial charge in [-0.1, -0.05) is 0 Å². The number of carbonyl (C=O) groups excluding carboxylic acids is 3. The fourth-order valence-corrected chi connectivity index (χ4v) is 2.52. The minimum Gasteiger partial charge on any atom is -0.444 e. The lowest BCUT2D eigenvalue weighted by Gasteiger charge is -2.32. The number of hydrogen-bond acceptors (Lipinski definition) is 5. The first kappa shape index (κ1) is 18.4. The van der Waals surface area contributed by atoms with Crippen molar-refractivity contribution in [3.63, 3.8) is 0 Å². The van der Waals surface area contributed by atoms with E-state index in [1.54, 1.807) is 34.9 Å². The quantitative estimate of drug-likeness (QED) is 0.789. The van der Waals surface area contributed by atoms with Crippen LogP contribution in [0.1, 0.15) is 40.0 Å². The normalized spacial score (nSPS) is 25.3. The zero-order chi connectivity index (χ0) is 17.1. The Morgan fingerprint density at radius 2 is 1.77 bits per heavy atom. The van der Waals surface area contributed by atoms with E-state index in [1.807, 2.05) is 0 Å². The number of nitrogens with one attached hydrogen (secondary N) is 1. The molecule has 22 heavy (non-hydrogen) atoms. The first-order valence-electron chi connectivity index (χ1n) is 7.44.